The first kappa shape index (κ1) is 16.0. The maximum absolute atomic E-state index is 12.2. The summed E-state index contributed by atoms with van der Waals surface area (Å²) in [6.45, 7) is 0.581. The van der Waals surface area contributed by atoms with Crippen LogP contribution >= 0.6 is 0 Å². The highest BCUT2D eigenvalue weighted by atomic mass is 16.7. The predicted octanol–water partition coefficient (Wildman–Crippen LogP) is 2.57. The van der Waals surface area contributed by atoms with Gasteiger partial charge in [0.05, 0.1) is 28.5 Å². The fourth-order valence-electron chi connectivity index (χ4n) is 2.98. The number of imide groups is 1. The highest BCUT2D eigenvalue weighted by molar-refractivity contribution is 6.20. The number of carbonyl (C=O) groups excluding carboxylic acids is 3. The van der Waals surface area contributed by atoms with Crippen molar-refractivity contribution in [3.63, 3.8) is 0 Å². The molecule has 0 aliphatic carbocycles. The molecule has 130 valence electrons. The van der Waals surface area contributed by atoms with Crippen LogP contribution in [-0.2, 0) is 16.2 Å². The van der Waals surface area contributed by atoms with Crippen LogP contribution < -0.4 is 0 Å². The molecule has 1 aromatic heterocycles. The van der Waals surface area contributed by atoms with E-state index in [1.165, 1.54) is 12.1 Å². The smallest absolute Gasteiger partial charge is 0.331 e. The van der Waals surface area contributed by atoms with Gasteiger partial charge in [-0.1, -0.05) is 29.3 Å². The molecule has 0 saturated heterocycles. The first-order chi connectivity index (χ1) is 12.6. The maximum atomic E-state index is 12.2. The molecule has 0 fully saturated rings. The number of aryl methyl sites for hydroxylation is 1. The zero-order valence-electron chi connectivity index (χ0n) is 13.8. The zero-order valence-corrected chi connectivity index (χ0v) is 13.8. The Morgan fingerprint density at radius 1 is 0.962 bits per heavy atom. The Kier molecular flexibility index (Phi) is 3.96. The Hall–Kier alpha value is -3.48. The number of carbonyl (C=O) groups is 3. The monoisotopic (exact) mass is 349 g/mol. The molecule has 1 aliphatic heterocycles. The lowest BCUT2D eigenvalue weighted by Gasteiger charge is -2.12. The Labute approximate surface area is 148 Å². The van der Waals surface area contributed by atoms with Crippen LogP contribution in [0.5, 0.6) is 0 Å². The van der Waals surface area contributed by atoms with E-state index in [1.807, 2.05) is 28.8 Å². The molecule has 0 spiro atoms. The lowest BCUT2D eigenvalue weighted by atomic mass is 10.1. The van der Waals surface area contributed by atoms with Crippen LogP contribution in [0.25, 0.3) is 11.0 Å². The van der Waals surface area contributed by atoms with Gasteiger partial charge in [-0.3, -0.25) is 9.59 Å². The SMILES string of the molecule is O=C(CCCn1cnc2ccccc21)ON1C(=O)c2ccccc2C1=O. The van der Waals surface area contributed by atoms with Crippen molar-refractivity contribution in [3.8, 4) is 0 Å². The van der Waals surface area contributed by atoms with E-state index in [-0.39, 0.29) is 17.5 Å². The normalized spacial score (nSPS) is 13.3. The van der Waals surface area contributed by atoms with Crippen LogP contribution in [0.1, 0.15) is 33.6 Å². The molecule has 7 nitrogen and oxygen atoms in total. The predicted molar refractivity (Wildman–Crippen MR) is 92.0 cm³/mol. The van der Waals surface area contributed by atoms with Crippen molar-refractivity contribution in [1.82, 2.24) is 14.6 Å². The number of aromatic nitrogens is 2. The quantitative estimate of drug-likeness (QED) is 0.661. The second-order valence-electron chi connectivity index (χ2n) is 5.94. The molecule has 26 heavy (non-hydrogen) atoms. The molecular weight excluding hydrogens is 334 g/mol. The third kappa shape index (κ3) is 2.73. The van der Waals surface area contributed by atoms with Gasteiger partial charge >= 0.3 is 5.97 Å². The molecule has 2 amide bonds. The Morgan fingerprint density at radius 3 is 2.35 bits per heavy atom. The summed E-state index contributed by atoms with van der Waals surface area (Å²) in [6.07, 6.45) is 2.31. The molecule has 2 aromatic carbocycles. The van der Waals surface area contributed by atoms with Gasteiger partial charge in [0, 0.05) is 13.0 Å². The largest absolute Gasteiger partial charge is 0.333 e. The number of para-hydroxylation sites is 2. The molecule has 0 atom stereocenters. The number of imidazole rings is 1. The van der Waals surface area contributed by atoms with Gasteiger partial charge in [-0.2, -0.15) is 0 Å². The minimum absolute atomic E-state index is 0.0832. The average Bonchev–Trinajstić information content (AvgIpc) is 3.17. The van der Waals surface area contributed by atoms with Crippen molar-refractivity contribution >= 4 is 28.8 Å². The number of benzene rings is 2. The average molecular weight is 349 g/mol. The van der Waals surface area contributed by atoms with E-state index in [0.29, 0.717) is 18.0 Å². The van der Waals surface area contributed by atoms with Gasteiger partial charge in [-0.25, -0.2) is 9.78 Å². The number of fused-ring (bicyclic) bond motifs is 2. The Morgan fingerprint density at radius 2 is 1.62 bits per heavy atom. The van der Waals surface area contributed by atoms with E-state index in [9.17, 15) is 14.4 Å². The summed E-state index contributed by atoms with van der Waals surface area (Å²) in [7, 11) is 0. The highest BCUT2D eigenvalue weighted by Crippen LogP contribution is 2.23. The van der Waals surface area contributed by atoms with Gasteiger partial charge in [-0.05, 0) is 30.7 Å². The molecule has 0 saturated carbocycles. The lowest BCUT2D eigenvalue weighted by molar-refractivity contribution is -0.168. The van der Waals surface area contributed by atoms with Crippen LogP contribution in [-0.4, -0.2) is 32.4 Å². The van der Waals surface area contributed by atoms with Crippen molar-refractivity contribution in [2.24, 2.45) is 0 Å². The molecule has 0 bridgehead atoms. The molecule has 0 unspecified atom stereocenters. The van der Waals surface area contributed by atoms with E-state index in [1.54, 1.807) is 18.5 Å². The molecule has 2 heterocycles. The van der Waals surface area contributed by atoms with Gasteiger partial charge in [0.1, 0.15) is 0 Å². The number of nitrogens with zero attached hydrogens (tertiary/aromatic N) is 3. The van der Waals surface area contributed by atoms with Gasteiger partial charge in [0.2, 0.25) is 0 Å². The molecular formula is C19H15N3O4. The number of amides is 2. The van der Waals surface area contributed by atoms with E-state index >= 15 is 0 Å². The van der Waals surface area contributed by atoms with Crippen LogP contribution in [0.15, 0.2) is 54.9 Å². The summed E-state index contributed by atoms with van der Waals surface area (Å²) in [5.74, 6) is -1.84. The minimum atomic E-state index is -0.621. The van der Waals surface area contributed by atoms with Crippen LogP contribution in [0.2, 0.25) is 0 Å². The second kappa shape index (κ2) is 6.44. The van der Waals surface area contributed by atoms with E-state index in [0.717, 1.165) is 11.0 Å². The molecule has 4 rings (SSSR count). The van der Waals surface area contributed by atoms with Crippen molar-refractivity contribution in [2.75, 3.05) is 0 Å². The first-order valence-corrected chi connectivity index (χ1v) is 8.23. The summed E-state index contributed by atoms with van der Waals surface area (Å²) < 4.78 is 1.95. The summed E-state index contributed by atoms with van der Waals surface area (Å²) in [4.78, 5) is 45.7. The van der Waals surface area contributed by atoms with Gasteiger partial charge in [0.25, 0.3) is 11.8 Å². The van der Waals surface area contributed by atoms with Crippen molar-refractivity contribution in [1.29, 1.82) is 0 Å². The first-order valence-electron chi connectivity index (χ1n) is 8.23. The Balaban J connectivity index is 1.35. The highest BCUT2D eigenvalue weighted by Gasteiger charge is 2.38. The zero-order chi connectivity index (χ0) is 18.1. The third-order valence-electron chi connectivity index (χ3n) is 4.26. The number of rotatable bonds is 5. The molecule has 1 aliphatic rings. The summed E-state index contributed by atoms with van der Waals surface area (Å²) in [5, 5.41) is 0.541. The van der Waals surface area contributed by atoms with E-state index in [2.05, 4.69) is 4.98 Å². The van der Waals surface area contributed by atoms with Crippen molar-refractivity contribution in [3.05, 3.63) is 66.0 Å². The fourth-order valence-corrected chi connectivity index (χ4v) is 2.98. The van der Waals surface area contributed by atoms with Gasteiger partial charge in [-0.15, -0.1) is 0 Å². The topological polar surface area (TPSA) is 81.5 Å². The van der Waals surface area contributed by atoms with E-state index < -0.39 is 17.8 Å². The fraction of sp³-hybridized carbons (Fsp3) is 0.158. The van der Waals surface area contributed by atoms with Gasteiger partial charge < -0.3 is 9.40 Å². The van der Waals surface area contributed by atoms with Crippen LogP contribution in [0, 0.1) is 0 Å². The van der Waals surface area contributed by atoms with E-state index in [4.69, 9.17) is 4.84 Å². The van der Waals surface area contributed by atoms with Crippen LogP contribution in [0.4, 0.5) is 0 Å². The molecule has 3 aromatic rings. The number of hydroxylamine groups is 2. The molecule has 0 N–H and O–H groups in total. The van der Waals surface area contributed by atoms with Crippen molar-refractivity contribution < 1.29 is 19.2 Å². The van der Waals surface area contributed by atoms with Gasteiger partial charge in [0.15, 0.2) is 0 Å². The van der Waals surface area contributed by atoms with Crippen molar-refractivity contribution in [2.45, 2.75) is 19.4 Å². The number of hydrogen-bond acceptors (Lipinski definition) is 5. The second-order valence-corrected chi connectivity index (χ2v) is 5.94. The Bertz CT molecular complexity index is 989. The maximum Gasteiger partial charge on any atom is 0.333 e. The summed E-state index contributed by atoms with van der Waals surface area (Å²) >= 11 is 0. The lowest BCUT2D eigenvalue weighted by Crippen LogP contribution is -2.32. The molecule has 7 heteroatoms. The standard InChI is InChI=1S/C19H15N3O4/c23-17(10-5-11-21-12-20-15-8-3-4-9-16(15)21)26-22-18(24)13-6-1-2-7-14(13)19(22)25/h1-4,6-9,12H,5,10-11H2. The minimum Gasteiger partial charge on any atom is -0.331 e. The van der Waals surface area contributed by atoms with Crippen LogP contribution in [0.3, 0.4) is 0 Å². The third-order valence-corrected chi connectivity index (χ3v) is 4.26. The summed E-state index contributed by atoms with van der Waals surface area (Å²) in [6, 6.07) is 14.1. The molecule has 0 radical (unpaired) electrons. The summed E-state index contributed by atoms with van der Waals surface area (Å²) in [5.41, 5.74) is 2.37. The number of hydrogen-bond donors (Lipinski definition) is 0.